The molecule has 0 unspecified atom stereocenters. The summed E-state index contributed by atoms with van der Waals surface area (Å²) in [5, 5.41) is 9.16. The molecule has 0 saturated carbocycles. The first-order valence-corrected chi connectivity index (χ1v) is 7.01. The van der Waals surface area contributed by atoms with Crippen LogP contribution in [-0.4, -0.2) is 25.3 Å². The van der Waals surface area contributed by atoms with E-state index >= 15 is 0 Å². The number of hydrogen-bond donors (Lipinski definition) is 1. The van der Waals surface area contributed by atoms with E-state index in [-0.39, 0.29) is 11.8 Å². The van der Waals surface area contributed by atoms with Crippen molar-refractivity contribution in [2.75, 3.05) is 14.2 Å². The Hall–Kier alpha value is -1.71. The number of aliphatic carboxylic acids is 1. The average molecular weight is 294 g/mol. The van der Waals surface area contributed by atoms with Gasteiger partial charge in [0.2, 0.25) is 0 Å². The molecule has 0 saturated heterocycles. The summed E-state index contributed by atoms with van der Waals surface area (Å²) in [6, 6.07) is 3.83. The van der Waals surface area contributed by atoms with Crippen LogP contribution in [0.15, 0.2) is 12.1 Å². The highest BCUT2D eigenvalue weighted by Gasteiger charge is 2.32. The zero-order valence-corrected chi connectivity index (χ0v) is 14.0. The van der Waals surface area contributed by atoms with Crippen LogP contribution in [0.4, 0.5) is 0 Å². The topological polar surface area (TPSA) is 55.8 Å². The van der Waals surface area contributed by atoms with Crippen LogP contribution in [0.1, 0.15) is 52.2 Å². The smallest absolute Gasteiger partial charge is 0.304 e. The third-order valence-corrected chi connectivity index (χ3v) is 3.63. The van der Waals surface area contributed by atoms with Crippen LogP contribution in [0.2, 0.25) is 0 Å². The van der Waals surface area contributed by atoms with E-state index in [1.807, 2.05) is 26.0 Å². The second kappa shape index (κ2) is 5.96. The summed E-state index contributed by atoms with van der Waals surface area (Å²) in [5.74, 6) is 0.630. The van der Waals surface area contributed by atoms with E-state index in [1.165, 1.54) is 0 Å². The van der Waals surface area contributed by atoms with Crippen molar-refractivity contribution in [3.8, 4) is 11.5 Å². The van der Waals surface area contributed by atoms with Gasteiger partial charge in [-0.15, -0.1) is 0 Å². The van der Waals surface area contributed by atoms with Crippen LogP contribution in [-0.2, 0) is 15.6 Å². The number of benzene rings is 1. The monoisotopic (exact) mass is 294 g/mol. The molecule has 1 aromatic rings. The Morgan fingerprint density at radius 3 is 1.95 bits per heavy atom. The van der Waals surface area contributed by atoms with Crippen molar-refractivity contribution in [1.82, 2.24) is 0 Å². The Bertz CT molecular complexity index is 524. The van der Waals surface area contributed by atoms with Gasteiger partial charge in [0.1, 0.15) is 11.5 Å². The quantitative estimate of drug-likeness (QED) is 0.898. The van der Waals surface area contributed by atoms with Gasteiger partial charge < -0.3 is 14.6 Å². The van der Waals surface area contributed by atoms with Gasteiger partial charge in [0.25, 0.3) is 0 Å². The van der Waals surface area contributed by atoms with Crippen molar-refractivity contribution in [2.24, 2.45) is 0 Å². The van der Waals surface area contributed by atoms with Gasteiger partial charge in [-0.2, -0.15) is 0 Å². The third-order valence-electron chi connectivity index (χ3n) is 3.63. The van der Waals surface area contributed by atoms with Crippen LogP contribution < -0.4 is 9.47 Å². The largest absolute Gasteiger partial charge is 0.497 e. The molecule has 0 fully saturated rings. The van der Waals surface area contributed by atoms with Gasteiger partial charge in [-0.25, -0.2) is 0 Å². The van der Waals surface area contributed by atoms with Gasteiger partial charge in [0, 0.05) is 16.5 Å². The van der Waals surface area contributed by atoms with Gasteiger partial charge in [0.15, 0.2) is 0 Å². The van der Waals surface area contributed by atoms with E-state index < -0.39 is 11.4 Å². The molecule has 4 nitrogen and oxygen atoms in total. The maximum absolute atomic E-state index is 11.2. The molecular weight excluding hydrogens is 268 g/mol. The molecule has 0 aliphatic carbocycles. The summed E-state index contributed by atoms with van der Waals surface area (Å²) < 4.78 is 11.0. The SMILES string of the molecule is COc1cc(C(C)(C)C)c(OC)c(C(C)(C)CC(=O)O)c1. The van der Waals surface area contributed by atoms with Gasteiger partial charge in [-0.3, -0.25) is 4.79 Å². The highest BCUT2D eigenvalue weighted by Crippen LogP contribution is 2.43. The summed E-state index contributed by atoms with van der Waals surface area (Å²) in [5.41, 5.74) is 1.19. The van der Waals surface area contributed by atoms with E-state index in [9.17, 15) is 4.79 Å². The Balaban J connectivity index is 3.60. The molecule has 0 bridgehead atoms. The molecule has 1 aromatic carbocycles. The molecular formula is C17H26O4. The number of methoxy groups -OCH3 is 2. The molecule has 0 heterocycles. The minimum Gasteiger partial charge on any atom is -0.497 e. The maximum Gasteiger partial charge on any atom is 0.304 e. The first kappa shape index (κ1) is 17.3. The molecule has 0 aliphatic heterocycles. The molecule has 0 spiro atoms. The fourth-order valence-corrected chi connectivity index (χ4v) is 2.47. The van der Waals surface area contributed by atoms with Gasteiger partial charge in [-0.05, 0) is 17.5 Å². The predicted molar refractivity (Wildman–Crippen MR) is 83.5 cm³/mol. The van der Waals surface area contributed by atoms with E-state index in [4.69, 9.17) is 14.6 Å². The van der Waals surface area contributed by atoms with E-state index in [2.05, 4.69) is 20.8 Å². The van der Waals surface area contributed by atoms with E-state index in [1.54, 1.807) is 14.2 Å². The van der Waals surface area contributed by atoms with Crippen molar-refractivity contribution in [1.29, 1.82) is 0 Å². The van der Waals surface area contributed by atoms with Gasteiger partial charge in [-0.1, -0.05) is 34.6 Å². The molecule has 0 radical (unpaired) electrons. The Morgan fingerprint density at radius 2 is 1.57 bits per heavy atom. The summed E-state index contributed by atoms with van der Waals surface area (Å²) in [6.07, 6.45) is 0.0279. The van der Waals surface area contributed by atoms with Crippen LogP contribution in [0.25, 0.3) is 0 Å². The predicted octanol–water partition coefficient (Wildman–Crippen LogP) is 3.75. The van der Waals surface area contributed by atoms with Crippen LogP contribution >= 0.6 is 0 Å². The van der Waals surface area contributed by atoms with E-state index in [0.29, 0.717) is 5.75 Å². The number of rotatable bonds is 5. The molecule has 0 atom stereocenters. The van der Waals surface area contributed by atoms with Crippen LogP contribution in [0.3, 0.4) is 0 Å². The molecule has 4 heteroatoms. The van der Waals surface area contributed by atoms with Crippen molar-refractivity contribution in [3.05, 3.63) is 23.3 Å². The van der Waals surface area contributed by atoms with Crippen molar-refractivity contribution < 1.29 is 19.4 Å². The Kier molecular flexibility index (Phi) is 4.92. The minimum atomic E-state index is -0.831. The lowest BCUT2D eigenvalue weighted by Gasteiger charge is -2.31. The van der Waals surface area contributed by atoms with Crippen molar-refractivity contribution in [2.45, 2.75) is 51.9 Å². The summed E-state index contributed by atoms with van der Waals surface area (Å²) in [6.45, 7) is 10.1. The summed E-state index contributed by atoms with van der Waals surface area (Å²) in [7, 11) is 3.24. The van der Waals surface area contributed by atoms with Crippen LogP contribution in [0.5, 0.6) is 11.5 Å². The molecule has 118 valence electrons. The zero-order chi connectivity index (χ0) is 16.4. The molecule has 0 amide bonds. The lowest BCUT2D eigenvalue weighted by Crippen LogP contribution is -2.24. The normalized spacial score (nSPS) is 12.1. The third kappa shape index (κ3) is 3.90. The molecule has 1 N–H and O–H groups in total. The molecule has 0 aliphatic rings. The average Bonchev–Trinajstić information content (AvgIpc) is 2.34. The fourth-order valence-electron chi connectivity index (χ4n) is 2.47. The highest BCUT2D eigenvalue weighted by atomic mass is 16.5. The highest BCUT2D eigenvalue weighted by molar-refractivity contribution is 5.69. The fraction of sp³-hybridized carbons (Fsp3) is 0.588. The number of hydrogen-bond acceptors (Lipinski definition) is 3. The Labute approximate surface area is 127 Å². The van der Waals surface area contributed by atoms with Crippen molar-refractivity contribution in [3.63, 3.8) is 0 Å². The van der Waals surface area contributed by atoms with Gasteiger partial charge in [0.05, 0.1) is 20.6 Å². The van der Waals surface area contributed by atoms with E-state index in [0.717, 1.165) is 16.9 Å². The van der Waals surface area contributed by atoms with Crippen molar-refractivity contribution >= 4 is 5.97 Å². The van der Waals surface area contributed by atoms with Gasteiger partial charge >= 0.3 is 5.97 Å². The van der Waals surface area contributed by atoms with Crippen LogP contribution in [0, 0.1) is 0 Å². The number of carboxylic acid groups (broad SMARTS) is 1. The molecule has 1 rings (SSSR count). The minimum absolute atomic E-state index is 0.0279. The lowest BCUT2D eigenvalue weighted by atomic mass is 9.76. The second-order valence-corrected chi connectivity index (χ2v) is 6.96. The maximum atomic E-state index is 11.2. The zero-order valence-electron chi connectivity index (χ0n) is 14.0. The first-order chi connectivity index (χ1) is 9.52. The molecule has 0 aromatic heterocycles. The summed E-state index contributed by atoms with van der Waals surface area (Å²) in [4.78, 5) is 11.2. The second-order valence-electron chi connectivity index (χ2n) is 6.96. The Morgan fingerprint density at radius 1 is 1.05 bits per heavy atom. The molecule has 21 heavy (non-hydrogen) atoms. The standard InChI is InChI=1S/C17H26O4/c1-16(2,3)12-8-11(20-6)9-13(15(12)21-7)17(4,5)10-14(18)19/h8-9H,10H2,1-7H3,(H,18,19). The number of carboxylic acids is 1. The summed E-state index contributed by atoms with van der Waals surface area (Å²) >= 11 is 0. The number of ether oxygens (including phenoxy) is 2. The first-order valence-electron chi connectivity index (χ1n) is 7.01. The lowest BCUT2D eigenvalue weighted by molar-refractivity contribution is -0.138. The number of carbonyl (C=O) groups is 1.